The van der Waals surface area contributed by atoms with E-state index in [2.05, 4.69) is 14.9 Å². The third-order valence-electron chi connectivity index (χ3n) is 3.98. The average molecular weight is 391 g/mol. The van der Waals surface area contributed by atoms with Crippen LogP contribution >= 0.6 is 12.4 Å². The lowest BCUT2D eigenvalue weighted by Gasteiger charge is -2.34. The molecule has 1 aromatic heterocycles. The molecule has 0 aliphatic heterocycles. The van der Waals surface area contributed by atoms with E-state index in [0.717, 1.165) is 25.3 Å². The molecule has 0 bridgehead atoms. The largest absolute Gasteiger partial charge is 0.334 e. The summed E-state index contributed by atoms with van der Waals surface area (Å²) in [5, 5.41) is 3.88. The van der Waals surface area contributed by atoms with Gasteiger partial charge in [-0.2, -0.15) is 4.98 Å². The molecule has 7 nitrogen and oxygen atoms in total. The van der Waals surface area contributed by atoms with Crippen LogP contribution in [0.25, 0.3) is 11.5 Å². The van der Waals surface area contributed by atoms with Gasteiger partial charge in [0.2, 0.25) is 10.0 Å². The topological polar surface area (TPSA) is 111 Å². The molecule has 0 saturated heterocycles. The zero-order valence-corrected chi connectivity index (χ0v) is 15.5. The van der Waals surface area contributed by atoms with Crippen molar-refractivity contribution < 1.29 is 17.3 Å². The zero-order valence-electron chi connectivity index (χ0n) is 13.8. The normalized spacial score (nSPS) is 16.4. The fraction of sp³-hybridized carbons (Fsp3) is 0.467. The van der Waals surface area contributed by atoms with Gasteiger partial charge in [0.15, 0.2) is 5.82 Å². The average Bonchev–Trinajstić information content (AvgIpc) is 2.93. The fourth-order valence-corrected chi connectivity index (χ4v) is 3.89. The monoisotopic (exact) mass is 390 g/mol. The molecule has 10 heteroatoms. The summed E-state index contributed by atoms with van der Waals surface area (Å²) in [4.78, 5) is 3.79. The molecule has 1 aliphatic rings. The van der Waals surface area contributed by atoms with Gasteiger partial charge >= 0.3 is 0 Å². The van der Waals surface area contributed by atoms with Crippen molar-refractivity contribution in [3.8, 4) is 11.5 Å². The summed E-state index contributed by atoms with van der Waals surface area (Å²) in [5.41, 5.74) is 5.88. The summed E-state index contributed by atoms with van der Waals surface area (Å²) in [6.45, 7) is 3.31. The highest BCUT2D eigenvalue weighted by Crippen LogP contribution is 2.37. The van der Waals surface area contributed by atoms with Gasteiger partial charge in [-0.25, -0.2) is 17.5 Å². The summed E-state index contributed by atoms with van der Waals surface area (Å²) in [6.07, 6.45) is 2.54. The van der Waals surface area contributed by atoms with Crippen molar-refractivity contribution in [1.29, 1.82) is 0 Å². The van der Waals surface area contributed by atoms with Gasteiger partial charge in [0.05, 0.1) is 5.54 Å². The third kappa shape index (κ3) is 3.84. The van der Waals surface area contributed by atoms with E-state index in [0.29, 0.717) is 11.4 Å². The van der Waals surface area contributed by atoms with E-state index in [1.54, 1.807) is 13.8 Å². The summed E-state index contributed by atoms with van der Waals surface area (Å²) in [7, 11) is -3.98. The molecule has 0 spiro atoms. The Hall–Kier alpha value is -1.55. The second kappa shape index (κ2) is 6.99. The molecule has 1 aromatic carbocycles. The van der Waals surface area contributed by atoms with E-state index in [1.807, 2.05) is 0 Å². The molecule has 138 valence electrons. The van der Waals surface area contributed by atoms with Gasteiger partial charge in [-0.1, -0.05) is 5.16 Å². The van der Waals surface area contributed by atoms with Crippen LogP contribution < -0.4 is 10.5 Å². The summed E-state index contributed by atoms with van der Waals surface area (Å²) < 4.78 is 46.0. The van der Waals surface area contributed by atoms with Gasteiger partial charge in [0, 0.05) is 11.6 Å². The van der Waals surface area contributed by atoms with Gasteiger partial charge in [0.1, 0.15) is 10.7 Å². The number of rotatable bonds is 5. The summed E-state index contributed by atoms with van der Waals surface area (Å²) in [6, 6.07) is 3.28. The Morgan fingerprint density at radius 1 is 1.36 bits per heavy atom. The number of benzene rings is 1. The number of nitrogens with two attached hydrogens (primary N) is 1. The molecule has 2 aromatic rings. The molecule has 0 amide bonds. The van der Waals surface area contributed by atoms with E-state index >= 15 is 0 Å². The highest BCUT2D eigenvalue weighted by Gasteiger charge is 2.39. The highest BCUT2D eigenvalue weighted by atomic mass is 35.5. The highest BCUT2D eigenvalue weighted by molar-refractivity contribution is 7.89. The molecule has 1 heterocycles. The first kappa shape index (κ1) is 19.8. The van der Waals surface area contributed by atoms with E-state index in [4.69, 9.17) is 10.3 Å². The number of halogens is 2. The van der Waals surface area contributed by atoms with Crippen molar-refractivity contribution in [3.63, 3.8) is 0 Å². The molecule has 1 fully saturated rings. The molecule has 0 atom stereocenters. The minimum absolute atomic E-state index is 0. The molecule has 0 radical (unpaired) electrons. The van der Waals surface area contributed by atoms with E-state index in [9.17, 15) is 12.8 Å². The fourth-order valence-electron chi connectivity index (χ4n) is 2.54. The lowest BCUT2D eigenvalue weighted by atomic mass is 9.77. The van der Waals surface area contributed by atoms with Crippen LogP contribution in [0.1, 0.15) is 38.9 Å². The number of sulfonamides is 1. The van der Waals surface area contributed by atoms with Crippen LogP contribution in [0.3, 0.4) is 0 Å². The van der Waals surface area contributed by atoms with Crippen LogP contribution in [-0.2, 0) is 15.6 Å². The van der Waals surface area contributed by atoms with Crippen LogP contribution in [0.4, 0.5) is 4.39 Å². The van der Waals surface area contributed by atoms with Crippen molar-refractivity contribution in [1.82, 2.24) is 14.9 Å². The lowest BCUT2D eigenvalue weighted by molar-refractivity contribution is 0.229. The second-order valence-corrected chi connectivity index (χ2v) is 8.04. The summed E-state index contributed by atoms with van der Waals surface area (Å²) in [5.74, 6) is -0.346. The lowest BCUT2D eigenvalue weighted by Crippen LogP contribution is -2.44. The van der Waals surface area contributed by atoms with Crippen molar-refractivity contribution in [2.75, 3.05) is 0 Å². The molecular formula is C15H20ClFN4O3S. The van der Waals surface area contributed by atoms with Crippen LogP contribution in [0.15, 0.2) is 27.6 Å². The Morgan fingerprint density at radius 3 is 2.60 bits per heavy atom. The Labute approximate surface area is 151 Å². The first-order valence-electron chi connectivity index (χ1n) is 7.67. The first-order valence-corrected chi connectivity index (χ1v) is 9.15. The van der Waals surface area contributed by atoms with Gasteiger partial charge < -0.3 is 10.3 Å². The number of hydrogen-bond donors (Lipinski definition) is 2. The third-order valence-corrected chi connectivity index (χ3v) is 5.65. The maximum absolute atomic E-state index is 14.0. The standard InChI is InChI=1S/C15H19FN4O3S.ClH/c1-9(2)20-24(21,22)12-8-10(4-5-11(12)16)13-18-14(19-23-13)15(17)6-3-7-15;/h4-5,8-9,20H,3,6-7,17H2,1-2H3;1H. The van der Waals surface area contributed by atoms with Gasteiger partial charge in [0.25, 0.3) is 5.89 Å². The van der Waals surface area contributed by atoms with Crippen LogP contribution in [0.2, 0.25) is 0 Å². The van der Waals surface area contributed by atoms with E-state index in [1.165, 1.54) is 12.1 Å². The van der Waals surface area contributed by atoms with Gasteiger partial charge in [-0.15, -0.1) is 12.4 Å². The van der Waals surface area contributed by atoms with Crippen molar-refractivity contribution in [2.24, 2.45) is 5.73 Å². The zero-order chi connectivity index (χ0) is 17.5. The van der Waals surface area contributed by atoms with Crippen molar-refractivity contribution in [3.05, 3.63) is 29.8 Å². The number of aromatic nitrogens is 2. The van der Waals surface area contributed by atoms with Crippen LogP contribution in [0, 0.1) is 5.82 Å². The van der Waals surface area contributed by atoms with Gasteiger partial charge in [-0.3, -0.25) is 0 Å². The van der Waals surface area contributed by atoms with Crippen molar-refractivity contribution in [2.45, 2.75) is 49.6 Å². The van der Waals surface area contributed by atoms with Crippen LogP contribution in [0.5, 0.6) is 0 Å². The molecule has 1 aliphatic carbocycles. The quantitative estimate of drug-likeness (QED) is 0.810. The predicted octanol–water partition coefficient (Wildman–Crippen LogP) is 2.32. The number of nitrogens with one attached hydrogen (secondary N) is 1. The van der Waals surface area contributed by atoms with Crippen LogP contribution in [-0.4, -0.2) is 24.6 Å². The minimum atomic E-state index is -3.98. The Balaban J connectivity index is 0.00000225. The predicted molar refractivity (Wildman–Crippen MR) is 92.1 cm³/mol. The molecule has 1 saturated carbocycles. The maximum Gasteiger partial charge on any atom is 0.258 e. The van der Waals surface area contributed by atoms with E-state index < -0.39 is 26.3 Å². The SMILES string of the molecule is CC(C)NS(=O)(=O)c1cc(-c2nc(C3(N)CCC3)no2)ccc1F.Cl. The Bertz CT molecular complexity index is 865. The maximum atomic E-state index is 14.0. The van der Waals surface area contributed by atoms with Crippen molar-refractivity contribution >= 4 is 22.4 Å². The molecule has 3 N–H and O–H groups in total. The smallest absolute Gasteiger partial charge is 0.258 e. The molecule has 25 heavy (non-hydrogen) atoms. The number of hydrogen-bond acceptors (Lipinski definition) is 6. The molecular weight excluding hydrogens is 371 g/mol. The summed E-state index contributed by atoms with van der Waals surface area (Å²) >= 11 is 0. The Kier molecular flexibility index (Phi) is 5.53. The first-order chi connectivity index (χ1) is 11.2. The molecule has 0 unspecified atom stereocenters. The van der Waals surface area contributed by atoms with Gasteiger partial charge in [-0.05, 0) is 51.3 Å². The minimum Gasteiger partial charge on any atom is -0.334 e. The van der Waals surface area contributed by atoms with E-state index in [-0.39, 0.29) is 24.3 Å². The molecule has 3 rings (SSSR count). The second-order valence-electron chi connectivity index (χ2n) is 6.35. The Morgan fingerprint density at radius 2 is 2.04 bits per heavy atom. The number of nitrogens with zero attached hydrogens (tertiary/aromatic N) is 2.